The molecule has 0 aromatic heterocycles. The number of nitrogens with one attached hydrogen (secondary N) is 1. The predicted molar refractivity (Wildman–Crippen MR) is 71.9 cm³/mol. The van der Waals surface area contributed by atoms with Crippen molar-refractivity contribution in [3.05, 3.63) is 59.2 Å². The second-order valence-corrected chi connectivity index (χ2v) is 4.80. The van der Waals surface area contributed by atoms with Crippen molar-refractivity contribution in [2.45, 2.75) is 18.9 Å². The highest BCUT2D eigenvalue weighted by Crippen LogP contribution is 2.35. The van der Waals surface area contributed by atoms with Crippen LogP contribution in [0, 0.1) is 11.6 Å². The van der Waals surface area contributed by atoms with Gasteiger partial charge in [-0.3, -0.25) is 0 Å². The fourth-order valence-electron chi connectivity index (χ4n) is 2.59. The molecule has 3 N–H and O–H groups in total. The molecule has 1 atom stereocenters. The maximum Gasteiger partial charge on any atom is 0.181 e. The Bertz CT molecular complexity index is 626. The molecular weight excluding hydrogens is 246 g/mol. The van der Waals surface area contributed by atoms with Crippen molar-refractivity contribution >= 4 is 11.4 Å². The zero-order chi connectivity index (χ0) is 13.4. The summed E-state index contributed by atoms with van der Waals surface area (Å²) in [5, 5.41) is 3.07. The minimum Gasteiger partial charge on any atom is -0.399 e. The van der Waals surface area contributed by atoms with Gasteiger partial charge in [0, 0.05) is 5.69 Å². The molecule has 0 saturated carbocycles. The van der Waals surface area contributed by atoms with Gasteiger partial charge in [0.2, 0.25) is 0 Å². The van der Waals surface area contributed by atoms with Gasteiger partial charge in [-0.2, -0.15) is 0 Å². The van der Waals surface area contributed by atoms with E-state index in [1.54, 1.807) is 6.07 Å². The third-order valence-corrected chi connectivity index (χ3v) is 3.53. The lowest BCUT2D eigenvalue weighted by Crippen LogP contribution is -2.09. The van der Waals surface area contributed by atoms with Gasteiger partial charge in [-0.25, -0.2) is 8.78 Å². The maximum atomic E-state index is 13.6. The summed E-state index contributed by atoms with van der Waals surface area (Å²) in [6.45, 7) is 0. The van der Waals surface area contributed by atoms with Crippen LogP contribution >= 0.6 is 0 Å². The molecule has 1 aliphatic rings. The maximum absolute atomic E-state index is 13.6. The van der Waals surface area contributed by atoms with Crippen molar-refractivity contribution in [1.82, 2.24) is 0 Å². The first-order chi connectivity index (χ1) is 9.15. The van der Waals surface area contributed by atoms with Gasteiger partial charge < -0.3 is 11.1 Å². The van der Waals surface area contributed by atoms with Crippen LogP contribution in [0.15, 0.2) is 36.4 Å². The minimum absolute atomic E-state index is 0.00639. The third kappa shape index (κ3) is 2.14. The molecule has 0 radical (unpaired) electrons. The number of halogens is 2. The lowest BCUT2D eigenvalue weighted by molar-refractivity contribution is 0.509. The summed E-state index contributed by atoms with van der Waals surface area (Å²) in [4.78, 5) is 0. The first-order valence-corrected chi connectivity index (χ1v) is 6.24. The van der Waals surface area contributed by atoms with E-state index in [0.29, 0.717) is 0 Å². The van der Waals surface area contributed by atoms with Crippen LogP contribution in [-0.4, -0.2) is 0 Å². The Morgan fingerprint density at radius 2 is 2.00 bits per heavy atom. The van der Waals surface area contributed by atoms with Crippen molar-refractivity contribution in [2.75, 3.05) is 11.1 Å². The Labute approximate surface area is 110 Å². The van der Waals surface area contributed by atoms with E-state index in [9.17, 15) is 8.78 Å². The minimum atomic E-state index is -0.833. The Hall–Kier alpha value is -2.10. The van der Waals surface area contributed by atoms with Crippen LogP contribution in [0.1, 0.15) is 23.6 Å². The van der Waals surface area contributed by atoms with Crippen molar-refractivity contribution in [3.63, 3.8) is 0 Å². The molecule has 0 fully saturated rings. The summed E-state index contributed by atoms with van der Waals surface area (Å²) < 4.78 is 26.8. The molecule has 3 rings (SSSR count). The molecule has 2 nitrogen and oxygen atoms in total. The lowest BCUT2D eigenvalue weighted by atomic mass is 10.1. The highest BCUT2D eigenvalue weighted by atomic mass is 19.2. The molecule has 4 heteroatoms. The molecule has 0 spiro atoms. The molecule has 19 heavy (non-hydrogen) atoms. The molecule has 2 aromatic carbocycles. The number of rotatable bonds is 2. The molecule has 0 saturated heterocycles. The molecule has 0 bridgehead atoms. The summed E-state index contributed by atoms with van der Waals surface area (Å²) in [6, 6.07) is 9.90. The number of hydrogen-bond acceptors (Lipinski definition) is 2. The SMILES string of the molecule is Nc1ccc2c(c1)CCC2Nc1cccc(F)c1F. The van der Waals surface area contributed by atoms with Crippen LogP contribution in [0.25, 0.3) is 0 Å². The molecule has 0 aliphatic heterocycles. The number of fused-ring (bicyclic) bond motifs is 1. The summed E-state index contributed by atoms with van der Waals surface area (Å²) >= 11 is 0. The second kappa shape index (κ2) is 4.53. The standard InChI is InChI=1S/C15H14F2N2/c16-12-2-1-3-14(15(12)17)19-13-7-4-9-8-10(18)5-6-11(9)13/h1-3,5-6,8,13,19H,4,7,18H2. The molecule has 98 valence electrons. The third-order valence-electron chi connectivity index (χ3n) is 3.53. The number of benzene rings is 2. The average Bonchev–Trinajstić information content (AvgIpc) is 2.77. The fourth-order valence-corrected chi connectivity index (χ4v) is 2.59. The monoisotopic (exact) mass is 260 g/mol. The van der Waals surface area contributed by atoms with E-state index >= 15 is 0 Å². The van der Waals surface area contributed by atoms with E-state index in [-0.39, 0.29) is 11.7 Å². The number of hydrogen-bond donors (Lipinski definition) is 2. The lowest BCUT2D eigenvalue weighted by Gasteiger charge is -2.16. The van der Waals surface area contributed by atoms with Gasteiger partial charge in [0.1, 0.15) is 0 Å². The topological polar surface area (TPSA) is 38.0 Å². The highest BCUT2D eigenvalue weighted by molar-refractivity contribution is 5.53. The number of aryl methyl sites for hydroxylation is 1. The second-order valence-electron chi connectivity index (χ2n) is 4.80. The van der Waals surface area contributed by atoms with Crippen LogP contribution < -0.4 is 11.1 Å². The van der Waals surface area contributed by atoms with E-state index in [1.165, 1.54) is 11.6 Å². The summed E-state index contributed by atoms with van der Waals surface area (Å²) in [6.07, 6.45) is 1.75. The first-order valence-electron chi connectivity index (χ1n) is 6.24. The summed E-state index contributed by atoms with van der Waals surface area (Å²) in [5.74, 6) is -1.66. The van der Waals surface area contributed by atoms with Gasteiger partial charge in [-0.05, 0) is 48.2 Å². The fraction of sp³-hybridized carbons (Fsp3) is 0.200. The molecule has 1 aliphatic carbocycles. The molecule has 1 unspecified atom stereocenters. The zero-order valence-electron chi connectivity index (χ0n) is 10.3. The van der Waals surface area contributed by atoms with Gasteiger partial charge in [-0.15, -0.1) is 0 Å². The van der Waals surface area contributed by atoms with Crippen molar-refractivity contribution in [1.29, 1.82) is 0 Å². The smallest absolute Gasteiger partial charge is 0.181 e. The largest absolute Gasteiger partial charge is 0.399 e. The molecule has 0 amide bonds. The molecular formula is C15H14F2N2. The van der Waals surface area contributed by atoms with E-state index in [2.05, 4.69) is 5.32 Å². The predicted octanol–water partition coefficient (Wildman–Crippen LogP) is 3.65. The van der Waals surface area contributed by atoms with Gasteiger partial charge in [0.05, 0.1) is 11.7 Å². The van der Waals surface area contributed by atoms with Crippen LogP contribution in [0.2, 0.25) is 0 Å². The van der Waals surface area contributed by atoms with Crippen LogP contribution in [0.3, 0.4) is 0 Å². The summed E-state index contributed by atoms with van der Waals surface area (Å²) in [5.41, 5.74) is 8.96. The average molecular weight is 260 g/mol. The quantitative estimate of drug-likeness (QED) is 0.809. The van der Waals surface area contributed by atoms with Crippen LogP contribution in [0.4, 0.5) is 20.2 Å². The van der Waals surface area contributed by atoms with Crippen LogP contribution in [0.5, 0.6) is 0 Å². The van der Waals surface area contributed by atoms with Gasteiger partial charge >= 0.3 is 0 Å². The van der Waals surface area contributed by atoms with E-state index in [1.807, 2.05) is 18.2 Å². The van der Waals surface area contributed by atoms with E-state index < -0.39 is 11.6 Å². The summed E-state index contributed by atoms with van der Waals surface area (Å²) in [7, 11) is 0. The van der Waals surface area contributed by atoms with Crippen molar-refractivity contribution in [2.24, 2.45) is 0 Å². The number of nitrogens with two attached hydrogens (primary N) is 1. The molecule has 0 heterocycles. The van der Waals surface area contributed by atoms with Gasteiger partial charge in [-0.1, -0.05) is 12.1 Å². The van der Waals surface area contributed by atoms with Crippen LogP contribution in [-0.2, 0) is 6.42 Å². The highest BCUT2D eigenvalue weighted by Gasteiger charge is 2.23. The van der Waals surface area contributed by atoms with Gasteiger partial charge in [0.15, 0.2) is 11.6 Å². The Morgan fingerprint density at radius 3 is 2.84 bits per heavy atom. The number of anilines is 2. The van der Waals surface area contributed by atoms with E-state index in [4.69, 9.17) is 5.73 Å². The Balaban J connectivity index is 1.89. The first kappa shape index (κ1) is 12.0. The number of nitrogen functional groups attached to an aromatic ring is 1. The Kier molecular flexibility index (Phi) is 2.85. The molecule has 2 aromatic rings. The van der Waals surface area contributed by atoms with Crippen molar-refractivity contribution in [3.8, 4) is 0 Å². The Morgan fingerprint density at radius 1 is 1.16 bits per heavy atom. The zero-order valence-corrected chi connectivity index (χ0v) is 10.3. The van der Waals surface area contributed by atoms with Crippen molar-refractivity contribution < 1.29 is 8.78 Å². The normalized spacial score (nSPS) is 17.3. The van der Waals surface area contributed by atoms with E-state index in [0.717, 1.165) is 30.2 Å². The van der Waals surface area contributed by atoms with Gasteiger partial charge in [0.25, 0.3) is 0 Å².